The topological polar surface area (TPSA) is 98.7 Å². The van der Waals surface area contributed by atoms with Gasteiger partial charge in [0.05, 0.1) is 0 Å². The van der Waals surface area contributed by atoms with Crippen molar-refractivity contribution in [2.45, 2.75) is 38.1 Å². The van der Waals surface area contributed by atoms with Crippen molar-refractivity contribution in [1.29, 1.82) is 0 Å². The molecule has 0 bridgehead atoms. The zero-order valence-corrected chi connectivity index (χ0v) is 19.8. The van der Waals surface area contributed by atoms with Crippen molar-refractivity contribution in [3.05, 3.63) is 65.0 Å². The molecule has 0 aliphatic carbocycles. The zero-order chi connectivity index (χ0) is 23.9. The van der Waals surface area contributed by atoms with Crippen LogP contribution in [-0.4, -0.2) is 53.5 Å². The molecule has 0 radical (unpaired) electrons. The van der Waals surface area contributed by atoms with E-state index in [1.165, 1.54) is 30.6 Å². The van der Waals surface area contributed by atoms with E-state index in [0.717, 1.165) is 28.7 Å². The van der Waals surface area contributed by atoms with E-state index in [9.17, 15) is 19.5 Å². The maximum absolute atomic E-state index is 13.2. The minimum atomic E-state index is -0.970. The van der Waals surface area contributed by atoms with E-state index in [1.807, 2.05) is 30.3 Å². The molecule has 178 valence electrons. The van der Waals surface area contributed by atoms with Crippen molar-refractivity contribution in [3.8, 4) is 0 Å². The molecule has 1 fully saturated rings. The Morgan fingerprint density at radius 2 is 1.76 bits per heavy atom. The molecule has 1 aromatic heterocycles. The monoisotopic (exact) mass is 479 g/mol. The average Bonchev–Trinajstić information content (AvgIpc) is 3.28. The standard InChI is InChI=1S/C26H29N3O4S/c30-24(11-14-29-12-5-2-6-13-29)28-21(15-18-7-3-1-4-8-18)25(31)27-20-9-10-22-19(16-20)17-23(34-22)26(32)33/h1,3-4,7-10,16-17,21H,2,5-6,11-15H2,(H,27,31)(H,28,30)(H,32,33). The minimum Gasteiger partial charge on any atom is -0.477 e. The predicted molar refractivity (Wildman–Crippen MR) is 134 cm³/mol. The summed E-state index contributed by atoms with van der Waals surface area (Å²) in [6, 6.07) is 15.8. The van der Waals surface area contributed by atoms with Crippen LogP contribution < -0.4 is 10.6 Å². The number of anilines is 1. The van der Waals surface area contributed by atoms with Crippen LogP contribution in [0.2, 0.25) is 0 Å². The summed E-state index contributed by atoms with van der Waals surface area (Å²) in [6.07, 6.45) is 4.33. The molecule has 1 aliphatic rings. The van der Waals surface area contributed by atoms with Gasteiger partial charge in [0.1, 0.15) is 10.9 Å². The number of thiophene rings is 1. The van der Waals surface area contributed by atoms with Crippen molar-refractivity contribution in [1.82, 2.24) is 10.2 Å². The first-order chi connectivity index (χ1) is 16.5. The lowest BCUT2D eigenvalue weighted by Crippen LogP contribution is -2.46. The maximum atomic E-state index is 13.2. The SMILES string of the molecule is O=C(CCN1CCCCC1)NC(Cc1ccccc1)C(=O)Nc1ccc2sc(C(=O)O)cc2c1. The Morgan fingerprint density at radius 1 is 1.00 bits per heavy atom. The van der Waals surface area contributed by atoms with Gasteiger partial charge in [-0.15, -0.1) is 11.3 Å². The summed E-state index contributed by atoms with van der Waals surface area (Å²) in [4.78, 5) is 39.7. The Hall–Kier alpha value is -3.23. The summed E-state index contributed by atoms with van der Waals surface area (Å²) >= 11 is 1.19. The molecule has 0 saturated carbocycles. The second-order valence-electron chi connectivity index (χ2n) is 8.62. The number of fused-ring (bicyclic) bond motifs is 1. The van der Waals surface area contributed by atoms with Gasteiger partial charge >= 0.3 is 5.97 Å². The molecule has 8 heteroatoms. The summed E-state index contributed by atoms with van der Waals surface area (Å²) in [6.45, 7) is 2.75. The molecule has 2 heterocycles. The lowest BCUT2D eigenvalue weighted by molar-refractivity contribution is -0.126. The first-order valence-corrected chi connectivity index (χ1v) is 12.4. The summed E-state index contributed by atoms with van der Waals surface area (Å²) in [5.74, 6) is -1.41. The number of carbonyl (C=O) groups excluding carboxylic acids is 2. The highest BCUT2D eigenvalue weighted by molar-refractivity contribution is 7.20. The number of benzene rings is 2. The highest BCUT2D eigenvalue weighted by Crippen LogP contribution is 2.28. The lowest BCUT2D eigenvalue weighted by Gasteiger charge is -2.26. The van der Waals surface area contributed by atoms with Crippen LogP contribution in [0.5, 0.6) is 0 Å². The number of hydrogen-bond acceptors (Lipinski definition) is 5. The van der Waals surface area contributed by atoms with Crippen molar-refractivity contribution in [2.24, 2.45) is 0 Å². The highest BCUT2D eigenvalue weighted by atomic mass is 32.1. The molecule has 3 N–H and O–H groups in total. The number of carbonyl (C=O) groups is 3. The van der Waals surface area contributed by atoms with Crippen LogP contribution in [0.4, 0.5) is 5.69 Å². The molecule has 1 atom stereocenters. The number of amides is 2. The fourth-order valence-electron chi connectivity index (χ4n) is 4.22. The van der Waals surface area contributed by atoms with Crippen LogP contribution in [0.25, 0.3) is 10.1 Å². The van der Waals surface area contributed by atoms with Crippen molar-refractivity contribution in [3.63, 3.8) is 0 Å². The van der Waals surface area contributed by atoms with Gasteiger partial charge < -0.3 is 20.6 Å². The Labute approximate surface area is 202 Å². The highest BCUT2D eigenvalue weighted by Gasteiger charge is 2.22. The molecule has 2 aromatic carbocycles. The Kier molecular flexibility index (Phi) is 7.92. The van der Waals surface area contributed by atoms with E-state index in [1.54, 1.807) is 24.3 Å². The van der Waals surface area contributed by atoms with Gasteiger partial charge in [0.2, 0.25) is 11.8 Å². The van der Waals surface area contributed by atoms with Crippen LogP contribution in [0, 0.1) is 0 Å². The molecule has 4 rings (SSSR count). The van der Waals surface area contributed by atoms with Crippen LogP contribution in [0.1, 0.15) is 40.9 Å². The molecule has 3 aromatic rings. The normalized spacial score (nSPS) is 15.1. The number of nitrogens with one attached hydrogen (secondary N) is 2. The van der Waals surface area contributed by atoms with Crippen molar-refractivity contribution < 1.29 is 19.5 Å². The van der Waals surface area contributed by atoms with E-state index in [0.29, 0.717) is 25.1 Å². The van der Waals surface area contributed by atoms with Crippen molar-refractivity contribution in [2.75, 3.05) is 25.0 Å². The third-order valence-corrected chi connectivity index (χ3v) is 7.14. The van der Waals surface area contributed by atoms with Gasteiger partial charge in [0, 0.05) is 29.8 Å². The van der Waals surface area contributed by atoms with Gasteiger partial charge in [-0.2, -0.15) is 0 Å². The number of likely N-dealkylation sites (tertiary alicyclic amines) is 1. The Balaban J connectivity index is 1.43. The van der Waals surface area contributed by atoms with Crippen LogP contribution in [-0.2, 0) is 16.0 Å². The molecule has 7 nitrogen and oxygen atoms in total. The smallest absolute Gasteiger partial charge is 0.345 e. The second kappa shape index (κ2) is 11.3. The molecular formula is C26H29N3O4S. The Bertz CT molecular complexity index is 1160. The van der Waals surface area contributed by atoms with Gasteiger partial charge in [-0.05, 0) is 61.1 Å². The van der Waals surface area contributed by atoms with Crippen molar-refractivity contribution >= 4 is 44.9 Å². The average molecular weight is 480 g/mol. The number of piperidine rings is 1. The molecule has 2 amide bonds. The summed E-state index contributed by atoms with van der Waals surface area (Å²) in [5, 5.41) is 15.8. The van der Waals surface area contributed by atoms with Gasteiger partial charge in [0.25, 0.3) is 0 Å². The predicted octanol–water partition coefficient (Wildman–Crippen LogP) is 4.14. The number of nitrogens with zero attached hydrogens (tertiary/aromatic N) is 1. The van der Waals surface area contributed by atoms with E-state index in [-0.39, 0.29) is 16.7 Å². The fraction of sp³-hybridized carbons (Fsp3) is 0.346. The minimum absolute atomic E-state index is 0.138. The van der Waals surface area contributed by atoms with Gasteiger partial charge in [0.15, 0.2) is 0 Å². The molecule has 1 aliphatic heterocycles. The van der Waals surface area contributed by atoms with E-state index in [2.05, 4.69) is 15.5 Å². The summed E-state index contributed by atoms with van der Waals surface area (Å²) in [5.41, 5.74) is 1.52. The second-order valence-corrected chi connectivity index (χ2v) is 9.70. The summed E-state index contributed by atoms with van der Waals surface area (Å²) in [7, 11) is 0. The van der Waals surface area contributed by atoms with E-state index < -0.39 is 12.0 Å². The van der Waals surface area contributed by atoms with Gasteiger partial charge in [-0.3, -0.25) is 9.59 Å². The number of hydrogen-bond donors (Lipinski definition) is 3. The largest absolute Gasteiger partial charge is 0.477 e. The third-order valence-electron chi connectivity index (χ3n) is 6.03. The fourth-order valence-corrected chi connectivity index (χ4v) is 5.11. The van der Waals surface area contributed by atoms with Crippen LogP contribution in [0.3, 0.4) is 0 Å². The number of aromatic carboxylic acids is 1. The van der Waals surface area contributed by atoms with Crippen LogP contribution in [0.15, 0.2) is 54.6 Å². The first-order valence-electron chi connectivity index (χ1n) is 11.6. The maximum Gasteiger partial charge on any atom is 0.345 e. The van der Waals surface area contributed by atoms with Gasteiger partial charge in [-0.25, -0.2) is 4.79 Å². The van der Waals surface area contributed by atoms with E-state index in [4.69, 9.17) is 0 Å². The molecule has 1 unspecified atom stereocenters. The molecule has 1 saturated heterocycles. The zero-order valence-electron chi connectivity index (χ0n) is 19.0. The third kappa shape index (κ3) is 6.42. The van der Waals surface area contributed by atoms with Crippen LogP contribution >= 0.6 is 11.3 Å². The molecule has 0 spiro atoms. The number of carboxylic acids is 1. The number of carboxylic acid groups (broad SMARTS) is 1. The molecular weight excluding hydrogens is 450 g/mol. The first kappa shape index (κ1) is 23.9. The Morgan fingerprint density at radius 3 is 2.50 bits per heavy atom. The van der Waals surface area contributed by atoms with E-state index >= 15 is 0 Å². The lowest BCUT2D eigenvalue weighted by atomic mass is 10.0. The quantitative estimate of drug-likeness (QED) is 0.428. The summed E-state index contributed by atoms with van der Waals surface area (Å²) < 4.78 is 0.835. The molecule has 34 heavy (non-hydrogen) atoms. The van der Waals surface area contributed by atoms with Gasteiger partial charge in [-0.1, -0.05) is 36.8 Å². The number of rotatable bonds is 9.